The summed E-state index contributed by atoms with van der Waals surface area (Å²) >= 11 is 1.83. The van der Waals surface area contributed by atoms with Gasteiger partial charge in [-0.1, -0.05) is 122 Å². The van der Waals surface area contributed by atoms with Crippen molar-refractivity contribution in [1.29, 1.82) is 0 Å². The maximum Gasteiger partial charge on any atom is 0.311 e. The van der Waals surface area contributed by atoms with Crippen LogP contribution in [-0.4, -0.2) is 48.4 Å². The molecule has 1 atom stereocenters. The molecule has 4 rings (SSSR count). The fraction of sp³-hybridized carbons (Fsp3) is 0.604. The van der Waals surface area contributed by atoms with Crippen molar-refractivity contribution in [2.45, 2.75) is 168 Å². The van der Waals surface area contributed by atoms with Crippen molar-refractivity contribution in [1.82, 2.24) is 10.2 Å². The molecule has 0 radical (unpaired) electrons. The van der Waals surface area contributed by atoms with Crippen LogP contribution in [0.3, 0.4) is 0 Å². The third kappa shape index (κ3) is 17.3. The third-order valence-corrected chi connectivity index (χ3v) is 12.1. The number of carbonyl (C=O) groups is 3. The number of rotatable bonds is 29. The van der Waals surface area contributed by atoms with Gasteiger partial charge in [0.25, 0.3) is 5.91 Å². The van der Waals surface area contributed by atoms with E-state index < -0.39 is 0 Å². The highest BCUT2D eigenvalue weighted by Gasteiger charge is 2.26. The lowest BCUT2D eigenvalue weighted by atomic mass is 9.86. The molecule has 0 saturated carbocycles. The van der Waals surface area contributed by atoms with Crippen LogP contribution >= 0.6 is 11.3 Å². The fourth-order valence-electron chi connectivity index (χ4n) is 7.93. The average molecular weight is 786 g/mol. The van der Waals surface area contributed by atoms with E-state index in [1.54, 1.807) is 24.3 Å². The lowest BCUT2D eigenvalue weighted by molar-refractivity contribution is -0.134. The molecule has 0 bridgehead atoms. The molecule has 0 saturated heterocycles. The number of benzene rings is 2. The molecular formula is C48H71N3O4S. The smallest absolute Gasteiger partial charge is 0.311 e. The summed E-state index contributed by atoms with van der Waals surface area (Å²) in [5.74, 6) is 0.219. The van der Waals surface area contributed by atoms with E-state index in [1.807, 2.05) is 23.5 Å². The monoisotopic (exact) mass is 786 g/mol. The first-order chi connectivity index (χ1) is 27.5. The third-order valence-electron chi connectivity index (χ3n) is 11.2. The zero-order valence-corrected chi connectivity index (χ0v) is 35.5. The number of ether oxygens (including phenoxy) is 1. The van der Waals surface area contributed by atoms with Crippen LogP contribution in [0, 0.1) is 0 Å². The predicted octanol–water partition coefficient (Wildman–Crippen LogP) is 11.9. The number of esters is 1. The maximum atomic E-state index is 12.8. The molecule has 0 aliphatic heterocycles. The molecule has 1 aliphatic rings. The lowest BCUT2D eigenvalue weighted by Crippen LogP contribution is -2.41. The van der Waals surface area contributed by atoms with Crippen molar-refractivity contribution < 1.29 is 19.1 Å². The lowest BCUT2D eigenvalue weighted by Gasteiger charge is -2.35. The van der Waals surface area contributed by atoms with Crippen LogP contribution in [0.4, 0.5) is 5.69 Å². The molecule has 8 heteroatoms. The van der Waals surface area contributed by atoms with Crippen molar-refractivity contribution >= 4 is 34.8 Å². The van der Waals surface area contributed by atoms with Crippen LogP contribution in [0.2, 0.25) is 0 Å². The van der Waals surface area contributed by atoms with Gasteiger partial charge in [-0.05, 0) is 104 Å². The van der Waals surface area contributed by atoms with Gasteiger partial charge >= 0.3 is 5.97 Å². The number of fused-ring (bicyclic) bond motifs is 1. The number of anilines is 1. The Hall–Kier alpha value is -3.49. The van der Waals surface area contributed by atoms with E-state index >= 15 is 0 Å². The normalized spacial score (nSPS) is 13.7. The van der Waals surface area contributed by atoms with E-state index in [-0.39, 0.29) is 24.2 Å². The zero-order chi connectivity index (χ0) is 39.6. The first-order valence-corrected chi connectivity index (χ1v) is 23.1. The van der Waals surface area contributed by atoms with E-state index in [4.69, 9.17) is 4.74 Å². The van der Waals surface area contributed by atoms with Crippen LogP contribution in [0.5, 0.6) is 5.75 Å². The first kappa shape index (κ1) is 45.2. The fourth-order valence-corrected chi connectivity index (χ4v) is 8.63. The summed E-state index contributed by atoms with van der Waals surface area (Å²) in [6, 6.07) is 17.9. The highest BCUT2D eigenvalue weighted by molar-refractivity contribution is 7.09. The molecular weight excluding hydrogens is 715 g/mol. The van der Waals surface area contributed by atoms with E-state index in [1.165, 1.54) is 93.9 Å². The minimum Gasteiger partial charge on any atom is -0.426 e. The van der Waals surface area contributed by atoms with Gasteiger partial charge in [0.2, 0.25) is 5.91 Å². The molecule has 56 heavy (non-hydrogen) atoms. The molecule has 0 spiro atoms. The highest BCUT2D eigenvalue weighted by Crippen LogP contribution is 2.32. The summed E-state index contributed by atoms with van der Waals surface area (Å²) < 4.78 is 5.86. The highest BCUT2D eigenvalue weighted by atomic mass is 32.1. The summed E-state index contributed by atoms with van der Waals surface area (Å²) in [5.41, 5.74) is 3.65. The van der Waals surface area contributed by atoms with E-state index in [2.05, 4.69) is 53.0 Å². The van der Waals surface area contributed by atoms with Gasteiger partial charge in [-0.3, -0.25) is 19.3 Å². The van der Waals surface area contributed by atoms with Crippen molar-refractivity contribution in [3.63, 3.8) is 0 Å². The van der Waals surface area contributed by atoms with Gasteiger partial charge in [0.1, 0.15) is 5.75 Å². The number of hydrogen-bond donors (Lipinski definition) is 2. The van der Waals surface area contributed by atoms with Crippen molar-refractivity contribution in [3.05, 3.63) is 81.5 Å². The Morgan fingerprint density at radius 2 is 1.41 bits per heavy atom. The van der Waals surface area contributed by atoms with Gasteiger partial charge in [0.15, 0.2) is 0 Å². The Morgan fingerprint density at radius 1 is 0.732 bits per heavy atom. The Labute approximate surface area is 342 Å². The summed E-state index contributed by atoms with van der Waals surface area (Å²) in [6.45, 7) is 7.07. The average Bonchev–Trinajstić information content (AvgIpc) is 3.73. The second-order valence-corrected chi connectivity index (χ2v) is 16.8. The SMILES string of the molecule is CCCCCCCCCCCCCCCCCC(=O)Nc1ccc(C(=O)NCCCC(=O)Oc2cccc3c2CCC(N(CCC)CCc2cccs2)C3)cc1. The van der Waals surface area contributed by atoms with Crippen LogP contribution in [0.15, 0.2) is 60.0 Å². The molecule has 3 aromatic rings. The molecule has 2 amide bonds. The topological polar surface area (TPSA) is 87.7 Å². The number of hydrogen-bond acceptors (Lipinski definition) is 6. The van der Waals surface area contributed by atoms with E-state index in [9.17, 15) is 14.4 Å². The second kappa shape index (κ2) is 27.2. The molecule has 1 aliphatic carbocycles. The Morgan fingerprint density at radius 3 is 2.05 bits per heavy atom. The van der Waals surface area contributed by atoms with E-state index in [0.29, 0.717) is 42.4 Å². The minimum atomic E-state index is -0.275. The number of unbranched alkanes of at least 4 members (excludes halogenated alkanes) is 14. The molecule has 1 heterocycles. The summed E-state index contributed by atoms with van der Waals surface area (Å²) in [6.07, 6.45) is 26.0. The Kier molecular flexibility index (Phi) is 22.0. The van der Waals surface area contributed by atoms with Gasteiger partial charge in [0.05, 0.1) is 0 Å². The van der Waals surface area contributed by atoms with Crippen molar-refractivity contribution in [3.8, 4) is 5.75 Å². The standard InChI is InChI=1S/C48H71N3O4S/c1-3-5-6-7-8-9-10-11-12-13-14-15-16-17-18-25-46(52)50-41-29-27-39(28-30-41)48(54)49-34-20-26-47(53)55-45-24-19-22-40-38-42(31-32-44(40)45)51(35-4-2)36-33-43-23-21-37-56-43/h19,21-24,27-30,37,42H,3-18,20,25-26,31-36,38H2,1-2H3,(H,49,54)(H,50,52). The van der Waals surface area contributed by atoms with Crippen LogP contribution < -0.4 is 15.4 Å². The van der Waals surface area contributed by atoms with Gasteiger partial charge in [0, 0.05) is 48.1 Å². The number of nitrogens with zero attached hydrogens (tertiary/aromatic N) is 1. The maximum absolute atomic E-state index is 12.8. The largest absolute Gasteiger partial charge is 0.426 e. The predicted molar refractivity (Wildman–Crippen MR) is 234 cm³/mol. The molecule has 308 valence electrons. The number of carbonyl (C=O) groups excluding carboxylic acids is 3. The molecule has 2 aromatic carbocycles. The van der Waals surface area contributed by atoms with Gasteiger partial charge < -0.3 is 15.4 Å². The van der Waals surface area contributed by atoms with Gasteiger partial charge in [-0.2, -0.15) is 0 Å². The summed E-state index contributed by atoms with van der Waals surface area (Å²) in [7, 11) is 0. The Bertz CT molecular complexity index is 1540. The van der Waals surface area contributed by atoms with Crippen LogP contribution in [-0.2, 0) is 28.9 Å². The molecule has 7 nitrogen and oxygen atoms in total. The number of nitrogens with one attached hydrogen (secondary N) is 2. The molecule has 1 unspecified atom stereocenters. The van der Waals surface area contributed by atoms with Crippen LogP contribution in [0.1, 0.15) is 169 Å². The minimum absolute atomic E-state index is 0.0167. The quantitative estimate of drug-likeness (QED) is 0.0416. The first-order valence-electron chi connectivity index (χ1n) is 22.2. The van der Waals surface area contributed by atoms with E-state index in [0.717, 1.165) is 63.6 Å². The number of thiophene rings is 1. The summed E-state index contributed by atoms with van der Waals surface area (Å²) in [5, 5.41) is 8.02. The van der Waals surface area contributed by atoms with Gasteiger partial charge in [-0.25, -0.2) is 0 Å². The molecule has 1 aromatic heterocycles. The van der Waals surface area contributed by atoms with Crippen molar-refractivity contribution in [2.24, 2.45) is 0 Å². The summed E-state index contributed by atoms with van der Waals surface area (Å²) in [4.78, 5) is 42.1. The zero-order valence-electron chi connectivity index (χ0n) is 34.7. The number of amides is 2. The van der Waals surface area contributed by atoms with Gasteiger partial charge in [-0.15, -0.1) is 11.3 Å². The Balaban J connectivity index is 1.04. The molecule has 0 fully saturated rings. The molecule has 2 N–H and O–H groups in total. The van der Waals surface area contributed by atoms with Crippen LogP contribution in [0.25, 0.3) is 0 Å². The van der Waals surface area contributed by atoms with Crippen molar-refractivity contribution in [2.75, 3.05) is 25.0 Å². The second-order valence-electron chi connectivity index (χ2n) is 15.8.